The van der Waals surface area contributed by atoms with Crippen LogP contribution in [0.25, 0.3) is 0 Å². The number of ether oxygens (including phenoxy) is 1. The molecule has 0 aliphatic carbocycles. The van der Waals surface area contributed by atoms with Crippen molar-refractivity contribution in [1.82, 2.24) is 4.90 Å². The molecule has 0 spiro atoms. The third-order valence-corrected chi connectivity index (χ3v) is 3.40. The van der Waals surface area contributed by atoms with E-state index < -0.39 is 0 Å². The molecule has 1 amide bonds. The van der Waals surface area contributed by atoms with E-state index in [0.717, 1.165) is 0 Å². The summed E-state index contributed by atoms with van der Waals surface area (Å²) in [6, 6.07) is 12.1. The molecule has 0 radical (unpaired) electrons. The Kier molecular flexibility index (Phi) is 6.15. The van der Waals surface area contributed by atoms with Crippen LogP contribution in [0.1, 0.15) is 29.5 Å². The first-order chi connectivity index (χ1) is 11.6. The fourth-order valence-corrected chi connectivity index (χ4v) is 2.09. The third kappa shape index (κ3) is 4.99. The average molecular weight is 326 g/mol. The Hall–Kier alpha value is -3.07. The van der Waals surface area contributed by atoms with Crippen LogP contribution in [0.3, 0.4) is 0 Å². The highest BCUT2D eigenvalue weighted by Crippen LogP contribution is 2.13. The van der Waals surface area contributed by atoms with Crippen molar-refractivity contribution in [2.75, 3.05) is 13.2 Å². The number of rotatable bonds is 8. The Labute approximate surface area is 140 Å². The largest absolute Gasteiger partial charge is 0.484 e. The van der Waals surface area contributed by atoms with E-state index in [1.165, 1.54) is 18.1 Å². The standard InChI is InChI=1S/C18H18N2O4/c1-14(21)15-5-7-16(8-6-15)24-13-18(22)20(10-3-9-19)12-17-4-2-11-23-17/h2,4-8,11H,3,10,12-13H2,1H3. The van der Waals surface area contributed by atoms with Gasteiger partial charge in [-0.05, 0) is 43.3 Å². The SMILES string of the molecule is CC(=O)c1ccc(OCC(=O)N(CCC#N)Cc2ccco2)cc1. The lowest BCUT2D eigenvalue weighted by Crippen LogP contribution is -2.35. The molecule has 0 aliphatic rings. The van der Waals surface area contributed by atoms with E-state index >= 15 is 0 Å². The number of hydrogen-bond donors (Lipinski definition) is 0. The minimum atomic E-state index is -0.239. The molecule has 1 aromatic carbocycles. The number of nitriles is 1. The Bertz CT molecular complexity index is 714. The molecule has 6 nitrogen and oxygen atoms in total. The number of nitrogens with zero attached hydrogens (tertiary/aromatic N) is 2. The van der Waals surface area contributed by atoms with Crippen molar-refractivity contribution in [3.8, 4) is 11.8 Å². The lowest BCUT2D eigenvalue weighted by molar-refractivity contribution is -0.134. The van der Waals surface area contributed by atoms with Gasteiger partial charge in [0, 0.05) is 12.1 Å². The van der Waals surface area contributed by atoms with Gasteiger partial charge in [0.15, 0.2) is 12.4 Å². The molecule has 1 heterocycles. The summed E-state index contributed by atoms with van der Waals surface area (Å²) in [5.74, 6) is 0.884. The van der Waals surface area contributed by atoms with Crippen LogP contribution in [0.2, 0.25) is 0 Å². The van der Waals surface area contributed by atoms with Crippen molar-refractivity contribution >= 4 is 11.7 Å². The summed E-state index contributed by atoms with van der Waals surface area (Å²) in [7, 11) is 0. The maximum atomic E-state index is 12.3. The average Bonchev–Trinajstić information content (AvgIpc) is 3.10. The molecule has 0 aliphatic heterocycles. The number of carbonyl (C=O) groups excluding carboxylic acids is 2. The van der Waals surface area contributed by atoms with Crippen molar-refractivity contribution in [3.05, 3.63) is 54.0 Å². The predicted molar refractivity (Wildman–Crippen MR) is 86.3 cm³/mol. The molecule has 0 unspecified atom stereocenters. The van der Waals surface area contributed by atoms with E-state index in [-0.39, 0.29) is 24.7 Å². The Morgan fingerprint density at radius 2 is 2.00 bits per heavy atom. The maximum absolute atomic E-state index is 12.3. The van der Waals surface area contributed by atoms with E-state index in [4.69, 9.17) is 14.4 Å². The van der Waals surface area contributed by atoms with Crippen molar-refractivity contribution in [2.45, 2.75) is 19.9 Å². The van der Waals surface area contributed by atoms with Gasteiger partial charge in [0.25, 0.3) is 5.91 Å². The molecule has 0 fully saturated rings. The normalized spacial score (nSPS) is 10.0. The van der Waals surface area contributed by atoms with Gasteiger partial charge in [0.05, 0.1) is 25.3 Å². The van der Waals surface area contributed by atoms with Gasteiger partial charge < -0.3 is 14.1 Å². The number of hydrogen-bond acceptors (Lipinski definition) is 5. The number of benzene rings is 1. The fourth-order valence-electron chi connectivity index (χ4n) is 2.09. The van der Waals surface area contributed by atoms with E-state index in [1.54, 1.807) is 36.4 Å². The van der Waals surface area contributed by atoms with Crippen molar-refractivity contribution < 1.29 is 18.7 Å². The van der Waals surface area contributed by atoms with Crippen LogP contribution >= 0.6 is 0 Å². The molecule has 0 N–H and O–H groups in total. The Morgan fingerprint density at radius 1 is 1.25 bits per heavy atom. The van der Waals surface area contributed by atoms with E-state index in [1.807, 2.05) is 6.07 Å². The number of ketones is 1. The summed E-state index contributed by atoms with van der Waals surface area (Å²) >= 11 is 0. The van der Waals surface area contributed by atoms with Crippen molar-refractivity contribution in [1.29, 1.82) is 5.26 Å². The van der Waals surface area contributed by atoms with E-state index in [0.29, 0.717) is 30.2 Å². The third-order valence-electron chi connectivity index (χ3n) is 3.40. The quantitative estimate of drug-likeness (QED) is 0.697. The van der Waals surface area contributed by atoms with Gasteiger partial charge in [-0.1, -0.05) is 0 Å². The van der Waals surface area contributed by atoms with Crippen LogP contribution in [-0.2, 0) is 11.3 Å². The van der Waals surface area contributed by atoms with Crippen LogP contribution in [0, 0.1) is 11.3 Å². The van der Waals surface area contributed by atoms with Gasteiger partial charge in [-0.3, -0.25) is 9.59 Å². The molecule has 24 heavy (non-hydrogen) atoms. The Balaban J connectivity index is 1.93. The highest BCUT2D eigenvalue weighted by molar-refractivity contribution is 5.94. The van der Waals surface area contributed by atoms with Crippen LogP contribution in [0.5, 0.6) is 5.75 Å². The molecule has 0 atom stereocenters. The van der Waals surface area contributed by atoms with Gasteiger partial charge in [0.2, 0.25) is 0 Å². The first-order valence-corrected chi connectivity index (χ1v) is 7.51. The molecule has 2 rings (SSSR count). The monoisotopic (exact) mass is 326 g/mol. The first kappa shape index (κ1) is 17.3. The van der Waals surface area contributed by atoms with Crippen LogP contribution in [0.15, 0.2) is 47.1 Å². The topological polar surface area (TPSA) is 83.5 Å². The zero-order chi connectivity index (χ0) is 17.4. The fraction of sp³-hybridized carbons (Fsp3) is 0.278. The van der Waals surface area contributed by atoms with Gasteiger partial charge >= 0.3 is 0 Å². The minimum Gasteiger partial charge on any atom is -0.484 e. The molecular formula is C18H18N2O4. The van der Waals surface area contributed by atoms with Crippen molar-refractivity contribution in [2.24, 2.45) is 0 Å². The van der Waals surface area contributed by atoms with Crippen LogP contribution in [0.4, 0.5) is 0 Å². The molecular weight excluding hydrogens is 308 g/mol. The number of carbonyl (C=O) groups is 2. The van der Waals surface area contributed by atoms with Crippen LogP contribution < -0.4 is 4.74 Å². The second-order valence-corrected chi connectivity index (χ2v) is 5.17. The highest BCUT2D eigenvalue weighted by atomic mass is 16.5. The summed E-state index contributed by atoms with van der Waals surface area (Å²) < 4.78 is 10.7. The minimum absolute atomic E-state index is 0.0289. The van der Waals surface area contributed by atoms with Gasteiger partial charge in [0.1, 0.15) is 11.5 Å². The number of Topliss-reactive ketones (excluding diaryl/α,β-unsaturated/α-hetero) is 1. The lowest BCUT2D eigenvalue weighted by Gasteiger charge is -2.20. The van der Waals surface area contributed by atoms with E-state index in [9.17, 15) is 9.59 Å². The number of furan rings is 1. The maximum Gasteiger partial charge on any atom is 0.260 e. The lowest BCUT2D eigenvalue weighted by atomic mass is 10.1. The molecule has 6 heteroatoms. The molecule has 0 saturated heterocycles. The van der Waals surface area contributed by atoms with Crippen molar-refractivity contribution in [3.63, 3.8) is 0 Å². The second-order valence-electron chi connectivity index (χ2n) is 5.17. The molecule has 0 saturated carbocycles. The summed E-state index contributed by atoms with van der Waals surface area (Å²) in [6.45, 7) is 1.94. The Morgan fingerprint density at radius 3 is 2.58 bits per heavy atom. The highest BCUT2D eigenvalue weighted by Gasteiger charge is 2.16. The van der Waals surface area contributed by atoms with E-state index in [2.05, 4.69) is 0 Å². The molecule has 124 valence electrons. The zero-order valence-corrected chi connectivity index (χ0v) is 13.4. The van der Waals surface area contributed by atoms with Crippen LogP contribution in [-0.4, -0.2) is 29.7 Å². The molecule has 2 aromatic rings. The summed E-state index contributed by atoms with van der Waals surface area (Å²) in [5, 5.41) is 8.73. The molecule has 1 aromatic heterocycles. The summed E-state index contributed by atoms with van der Waals surface area (Å²) in [6.07, 6.45) is 1.77. The van der Waals surface area contributed by atoms with Gasteiger partial charge in [-0.25, -0.2) is 0 Å². The second kappa shape index (κ2) is 8.53. The smallest absolute Gasteiger partial charge is 0.260 e. The molecule has 0 bridgehead atoms. The predicted octanol–water partition coefficient (Wildman–Crippen LogP) is 2.80. The van der Waals surface area contributed by atoms with Gasteiger partial charge in [-0.2, -0.15) is 5.26 Å². The summed E-state index contributed by atoms with van der Waals surface area (Å²) in [5.41, 5.74) is 0.585. The summed E-state index contributed by atoms with van der Waals surface area (Å²) in [4.78, 5) is 25.1. The zero-order valence-electron chi connectivity index (χ0n) is 13.4. The van der Waals surface area contributed by atoms with Gasteiger partial charge in [-0.15, -0.1) is 0 Å². The first-order valence-electron chi connectivity index (χ1n) is 7.51. The number of amides is 1.